The topological polar surface area (TPSA) is 56.7 Å². The first-order valence-electron chi connectivity index (χ1n) is 8.20. The first-order chi connectivity index (χ1) is 10.4. The molecular weight excluding hydrogens is 403 g/mol. The summed E-state index contributed by atoms with van der Waals surface area (Å²) in [5.41, 5.74) is -0.462. The van der Waals surface area contributed by atoms with Crippen molar-refractivity contribution in [3.05, 3.63) is 12.7 Å². The molecule has 136 valence electrons. The van der Waals surface area contributed by atoms with Gasteiger partial charge >= 0.3 is 0 Å². The summed E-state index contributed by atoms with van der Waals surface area (Å²) in [7, 11) is 3.80. The zero-order valence-corrected chi connectivity index (χ0v) is 17.8. The lowest BCUT2D eigenvalue weighted by atomic mass is 9.92. The first-order valence-corrected chi connectivity index (χ1v) is 8.20. The van der Waals surface area contributed by atoms with Crippen LogP contribution >= 0.6 is 24.0 Å². The third-order valence-electron chi connectivity index (χ3n) is 3.62. The third kappa shape index (κ3) is 10.6. The first kappa shape index (κ1) is 24.5. The molecule has 0 heterocycles. The Morgan fingerprint density at radius 3 is 2.43 bits per heavy atom. The van der Waals surface area contributed by atoms with Gasteiger partial charge in [0.2, 0.25) is 5.91 Å². The summed E-state index contributed by atoms with van der Waals surface area (Å²) in [4.78, 5) is 18.4. The minimum atomic E-state index is -0.462. The van der Waals surface area contributed by atoms with Crippen LogP contribution in [0.1, 0.15) is 46.5 Å². The quantitative estimate of drug-likeness (QED) is 0.181. The number of rotatable bonds is 10. The average molecular weight is 438 g/mol. The lowest BCUT2D eigenvalue weighted by Gasteiger charge is -2.28. The Hall–Kier alpha value is -0.790. The zero-order chi connectivity index (χ0) is 17.0. The van der Waals surface area contributed by atoms with E-state index in [-0.39, 0.29) is 29.9 Å². The molecule has 23 heavy (non-hydrogen) atoms. The molecule has 0 atom stereocenters. The predicted molar refractivity (Wildman–Crippen MR) is 111 cm³/mol. The standard InChI is InChI=1S/C17H34N4O.HI/c1-7-9-10-11-12-13-21(6)16(18-5)20-14-17(3,4)15(22)19-8-2;/h7H,1,8-14H2,2-6H3,(H,18,20)(H,19,22);1H. The van der Waals surface area contributed by atoms with Crippen molar-refractivity contribution in [2.75, 3.05) is 33.7 Å². The van der Waals surface area contributed by atoms with E-state index in [1.807, 2.05) is 33.9 Å². The molecule has 0 spiro atoms. The molecule has 0 saturated heterocycles. The molecule has 0 radical (unpaired) electrons. The molecule has 2 N–H and O–H groups in total. The fraction of sp³-hybridized carbons (Fsp3) is 0.765. The highest BCUT2D eigenvalue weighted by atomic mass is 127. The number of halogens is 1. The van der Waals surface area contributed by atoms with Crippen molar-refractivity contribution in [3.8, 4) is 0 Å². The van der Waals surface area contributed by atoms with Gasteiger partial charge in [0.1, 0.15) is 0 Å². The second-order valence-electron chi connectivity index (χ2n) is 6.20. The number of carbonyl (C=O) groups is 1. The van der Waals surface area contributed by atoms with E-state index < -0.39 is 5.41 Å². The third-order valence-corrected chi connectivity index (χ3v) is 3.62. The van der Waals surface area contributed by atoms with Crippen LogP contribution in [0.25, 0.3) is 0 Å². The van der Waals surface area contributed by atoms with Crippen molar-refractivity contribution in [3.63, 3.8) is 0 Å². The fourth-order valence-corrected chi connectivity index (χ4v) is 2.09. The molecule has 0 fully saturated rings. The molecular formula is C17H35IN4O. The van der Waals surface area contributed by atoms with Gasteiger partial charge in [-0.05, 0) is 40.0 Å². The molecule has 0 unspecified atom stereocenters. The molecule has 0 aromatic heterocycles. The van der Waals surface area contributed by atoms with Gasteiger partial charge in [0, 0.05) is 33.7 Å². The number of guanidine groups is 1. The summed E-state index contributed by atoms with van der Waals surface area (Å²) >= 11 is 0. The van der Waals surface area contributed by atoms with Crippen LogP contribution in [0.15, 0.2) is 17.6 Å². The van der Waals surface area contributed by atoms with Crippen molar-refractivity contribution < 1.29 is 4.79 Å². The van der Waals surface area contributed by atoms with Gasteiger partial charge in [0.25, 0.3) is 0 Å². The van der Waals surface area contributed by atoms with Crippen LogP contribution in [0.4, 0.5) is 0 Å². The summed E-state index contributed by atoms with van der Waals surface area (Å²) in [6.45, 7) is 11.7. The monoisotopic (exact) mass is 438 g/mol. The molecule has 0 aromatic carbocycles. The average Bonchev–Trinajstić information content (AvgIpc) is 2.47. The minimum Gasteiger partial charge on any atom is -0.356 e. The van der Waals surface area contributed by atoms with Crippen LogP contribution in [0.5, 0.6) is 0 Å². The summed E-state index contributed by atoms with van der Waals surface area (Å²) in [6.07, 6.45) is 6.56. The van der Waals surface area contributed by atoms with Crippen LogP contribution in [0.3, 0.4) is 0 Å². The zero-order valence-electron chi connectivity index (χ0n) is 15.4. The van der Waals surface area contributed by atoms with E-state index in [2.05, 4.69) is 27.1 Å². The van der Waals surface area contributed by atoms with Crippen LogP contribution < -0.4 is 10.6 Å². The van der Waals surface area contributed by atoms with Crippen LogP contribution in [0, 0.1) is 5.41 Å². The predicted octanol–water partition coefficient (Wildman–Crippen LogP) is 3.02. The van der Waals surface area contributed by atoms with Gasteiger partial charge in [-0.25, -0.2) is 0 Å². The molecule has 6 heteroatoms. The van der Waals surface area contributed by atoms with Gasteiger partial charge in [-0.3, -0.25) is 9.79 Å². The minimum absolute atomic E-state index is 0. The maximum Gasteiger partial charge on any atom is 0.227 e. The van der Waals surface area contributed by atoms with Crippen molar-refractivity contribution >= 4 is 35.8 Å². The molecule has 0 aliphatic rings. The van der Waals surface area contributed by atoms with Crippen LogP contribution in [-0.4, -0.2) is 50.5 Å². The van der Waals surface area contributed by atoms with Crippen LogP contribution in [0.2, 0.25) is 0 Å². The lowest BCUT2D eigenvalue weighted by molar-refractivity contribution is -0.128. The SMILES string of the molecule is C=CCCCCCN(C)C(=NC)NCC(C)(C)C(=O)NCC.I. The van der Waals surface area contributed by atoms with Crippen LogP contribution in [-0.2, 0) is 4.79 Å². The summed E-state index contributed by atoms with van der Waals surface area (Å²) in [6, 6.07) is 0. The number of amides is 1. The molecule has 0 aliphatic heterocycles. The fourth-order valence-electron chi connectivity index (χ4n) is 2.09. The molecule has 0 rings (SSSR count). The van der Waals surface area contributed by atoms with Gasteiger partial charge in [-0.2, -0.15) is 0 Å². The molecule has 5 nitrogen and oxygen atoms in total. The highest BCUT2D eigenvalue weighted by Crippen LogP contribution is 2.13. The van der Waals surface area contributed by atoms with Gasteiger partial charge in [0.05, 0.1) is 5.41 Å². The van der Waals surface area contributed by atoms with Crippen molar-refractivity contribution in [1.29, 1.82) is 0 Å². The van der Waals surface area contributed by atoms with Gasteiger partial charge in [-0.15, -0.1) is 30.6 Å². The van der Waals surface area contributed by atoms with E-state index in [9.17, 15) is 4.79 Å². The van der Waals surface area contributed by atoms with E-state index in [0.29, 0.717) is 13.1 Å². The summed E-state index contributed by atoms with van der Waals surface area (Å²) in [5.74, 6) is 0.895. The number of allylic oxidation sites excluding steroid dienone is 1. The Balaban J connectivity index is 0. The van der Waals surface area contributed by atoms with E-state index >= 15 is 0 Å². The Morgan fingerprint density at radius 2 is 1.91 bits per heavy atom. The number of hydrogen-bond acceptors (Lipinski definition) is 2. The van der Waals surface area contributed by atoms with Crippen molar-refractivity contribution in [2.24, 2.45) is 10.4 Å². The Bertz CT molecular complexity index is 370. The number of aliphatic imine (C=N–C) groups is 1. The van der Waals surface area contributed by atoms with Gasteiger partial charge in [0.15, 0.2) is 5.96 Å². The molecule has 0 bridgehead atoms. The molecule has 1 amide bonds. The van der Waals surface area contributed by atoms with Crippen molar-refractivity contribution in [2.45, 2.75) is 46.5 Å². The smallest absolute Gasteiger partial charge is 0.227 e. The summed E-state index contributed by atoms with van der Waals surface area (Å²) in [5, 5.41) is 6.17. The number of hydrogen-bond donors (Lipinski definition) is 2. The van der Waals surface area contributed by atoms with E-state index in [0.717, 1.165) is 25.3 Å². The highest BCUT2D eigenvalue weighted by Gasteiger charge is 2.27. The number of nitrogens with zero attached hydrogens (tertiary/aromatic N) is 2. The van der Waals surface area contributed by atoms with E-state index in [1.165, 1.54) is 12.8 Å². The maximum absolute atomic E-state index is 12.0. The maximum atomic E-state index is 12.0. The highest BCUT2D eigenvalue weighted by molar-refractivity contribution is 14.0. The Morgan fingerprint density at radius 1 is 1.26 bits per heavy atom. The molecule has 0 saturated carbocycles. The van der Waals surface area contributed by atoms with Crippen molar-refractivity contribution in [1.82, 2.24) is 15.5 Å². The number of carbonyl (C=O) groups excluding carboxylic acids is 1. The van der Waals surface area contributed by atoms with Gasteiger partial charge < -0.3 is 15.5 Å². The summed E-state index contributed by atoms with van der Waals surface area (Å²) < 4.78 is 0. The molecule has 0 aromatic rings. The van der Waals surface area contributed by atoms with E-state index in [1.54, 1.807) is 7.05 Å². The second kappa shape index (κ2) is 13.6. The Kier molecular flexibility index (Phi) is 14.5. The lowest BCUT2D eigenvalue weighted by Crippen LogP contribution is -2.48. The number of nitrogens with one attached hydrogen (secondary N) is 2. The molecule has 0 aliphatic carbocycles. The van der Waals surface area contributed by atoms with Gasteiger partial charge in [-0.1, -0.05) is 12.5 Å². The second-order valence-corrected chi connectivity index (χ2v) is 6.20. The normalized spacial score (nSPS) is 11.4. The largest absolute Gasteiger partial charge is 0.356 e. The van der Waals surface area contributed by atoms with E-state index in [4.69, 9.17) is 0 Å². The Labute approximate surface area is 159 Å². The number of unbranched alkanes of at least 4 members (excludes halogenated alkanes) is 3.